The molecular weight excluding hydrogens is 346 g/mol. The molecule has 0 amide bonds. The minimum atomic E-state index is -1.28. The first-order valence-corrected chi connectivity index (χ1v) is 8.31. The molecule has 2 rings (SSSR count). The second kappa shape index (κ2) is 9.30. The largest absolute Gasteiger partial charge is 0.493 e. The number of carbonyl (C=O) groups is 1. The molecule has 1 N–H and O–H groups in total. The SMILES string of the molecule is COc1cc(C=C(C#N)C(=O)O)ccc1OCCOc1cccc(C)c1C. The molecule has 0 bridgehead atoms. The van der Waals surface area contributed by atoms with E-state index in [-0.39, 0.29) is 5.57 Å². The maximum Gasteiger partial charge on any atom is 0.346 e. The van der Waals surface area contributed by atoms with Gasteiger partial charge in [0.15, 0.2) is 11.5 Å². The fourth-order valence-corrected chi connectivity index (χ4v) is 2.39. The summed E-state index contributed by atoms with van der Waals surface area (Å²) in [4.78, 5) is 10.9. The zero-order valence-electron chi connectivity index (χ0n) is 15.5. The molecule has 0 aliphatic carbocycles. The van der Waals surface area contributed by atoms with Crippen molar-refractivity contribution in [2.45, 2.75) is 13.8 Å². The zero-order chi connectivity index (χ0) is 19.8. The third-order valence-corrected chi connectivity index (χ3v) is 4.00. The molecule has 0 unspecified atom stereocenters. The summed E-state index contributed by atoms with van der Waals surface area (Å²) in [6.07, 6.45) is 1.28. The Hall–Kier alpha value is -3.46. The molecule has 27 heavy (non-hydrogen) atoms. The van der Waals surface area contributed by atoms with E-state index in [0.717, 1.165) is 16.9 Å². The van der Waals surface area contributed by atoms with Gasteiger partial charge in [0.05, 0.1) is 7.11 Å². The van der Waals surface area contributed by atoms with E-state index in [1.54, 1.807) is 24.3 Å². The third kappa shape index (κ3) is 5.25. The van der Waals surface area contributed by atoms with Crippen molar-refractivity contribution in [1.29, 1.82) is 5.26 Å². The lowest BCUT2D eigenvalue weighted by Gasteiger charge is -2.13. The van der Waals surface area contributed by atoms with Crippen LogP contribution in [0.4, 0.5) is 0 Å². The topological polar surface area (TPSA) is 88.8 Å². The number of ether oxygens (including phenoxy) is 3. The van der Waals surface area contributed by atoms with Crippen LogP contribution >= 0.6 is 0 Å². The van der Waals surface area contributed by atoms with E-state index in [4.69, 9.17) is 24.6 Å². The van der Waals surface area contributed by atoms with Crippen molar-refractivity contribution in [1.82, 2.24) is 0 Å². The van der Waals surface area contributed by atoms with Gasteiger partial charge in [0.2, 0.25) is 0 Å². The van der Waals surface area contributed by atoms with E-state index in [1.165, 1.54) is 13.2 Å². The number of hydrogen-bond acceptors (Lipinski definition) is 5. The molecule has 0 saturated heterocycles. The van der Waals surface area contributed by atoms with Crippen LogP contribution in [0, 0.1) is 25.2 Å². The summed E-state index contributed by atoms with van der Waals surface area (Å²) >= 11 is 0. The lowest BCUT2D eigenvalue weighted by Crippen LogP contribution is -2.10. The van der Waals surface area contributed by atoms with Crippen LogP contribution in [0.2, 0.25) is 0 Å². The highest BCUT2D eigenvalue weighted by Crippen LogP contribution is 2.29. The average molecular weight is 367 g/mol. The van der Waals surface area contributed by atoms with Gasteiger partial charge in [0.1, 0.15) is 30.6 Å². The second-order valence-corrected chi connectivity index (χ2v) is 5.78. The molecule has 0 aliphatic rings. The average Bonchev–Trinajstić information content (AvgIpc) is 2.66. The highest BCUT2D eigenvalue weighted by molar-refractivity contribution is 5.96. The molecule has 6 nitrogen and oxygen atoms in total. The van der Waals surface area contributed by atoms with Crippen molar-refractivity contribution in [3.63, 3.8) is 0 Å². The minimum absolute atomic E-state index is 0.317. The number of benzene rings is 2. The number of carboxylic acids is 1. The number of nitriles is 1. The maximum atomic E-state index is 10.9. The lowest BCUT2D eigenvalue weighted by atomic mass is 10.1. The second-order valence-electron chi connectivity index (χ2n) is 5.78. The first-order valence-electron chi connectivity index (χ1n) is 8.31. The Labute approximate surface area is 158 Å². The van der Waals surface area contributed by atoms with Crippen LogP contribution in [0.25, 0.3) is 6.08 Å². The van der Waals surface area contributed by atoms with Crippen LogP contribution in [0.5, 0.6) is 17.2 Å². The van der Waals surface area contributed by atoms with E-state index in [9.17, 15) is 4.79 Å². The Kier molecular flexibility index (Phi) is 6.84. The van der Waals surface area contributed by atoms with E-state index < -0.39 is 5.97 Å². The van der Waals surface area contributed by atoms with Gasteiger partial charge >= 0.3 is 5.97 Å². The molecule has 2 aromatic rings. The summed E-state index contributed by atoms with van der Waals surface area (Å²) in [6.45, 7) is 4.72. The van der Waals surface area contributed by atoms with Gasteiger partial charge < -0.3 is 19.3 Å². The van der Waals surface area contributed by atoms with Crippen molar-refractivity contribution < 1.29 is 24.1 Å². The van der Waals surface area contributed by atoms with Crippen LogP contribution in [-0.4, -0.2) is 31.4 Å². The zero-order valence-corrected chi connectivity index (χ0v) is 15.5. The van der Waals surface area contributed by atoms with E-state index in [1.807, 2.05) is 32.0 Å². The van der Waals surface area contributed by atoms with Crippen molar-refractivity contribution in [3.05, 3.63) is 58.7 Å². The monoisotopic (exact) mass is 367 g/mol. The lowest BCUT2D eigenvalue weighted by molar-refractivity contribution is -0.132. The fourth-order valence-electron chi connectivity index (χ4n) is 2.39. The van der Waals surface area contributed by atoms with E-state index >= 15 is 0 Å². The molecule has 2 aromatic carbocycles. The van der Waals surface area contributed by atoms with Gasteiger partial charge in [0.25, 0.3) is 0 Å². The standard InChI is InChI=1S/C21H21NO5/c1-14-5-4-6-18(15(14)2)26-9-10-27-19-8-7-16(12-20(19)25-3)11-17(13-22)21(23)24/h4-8,11-12H,9-10H2,1-3H3,(H,23,24). The highest BCUT2D eigenvalue weighted by atomic mass is 16.5. The Morgan fingerprint density at radius 2 is 1.81 bits per heavy atom. The van der Waals surface area contributed by atoms with Gasteiger partial charge in [-0.2, -0.15) is 5.26 Å². The van der Waals surface area contributed by atoms with Gasteiger partial charge in [-0.05, 0) is 54.8 Å². The van der Waals surface area contributed by atoms with Crippen molar-refractivity contribution in [2.75, 3.05) is 20.3 Å². The number of methoxy groups -OCH3 is 1. The summed E-state index contributed by atoms with van der Waals surface area (Å²) in [7, 11) is 1.49. The number of rotatable bonds is 8. The van der Waals surface area contributed by atoms with Gasteiger partial charge in [-0.3, -0.25) is 0 Å². The summed E-state index contributed by atoms with van der Waals surface area (Å²) in [5.41, 5.74) is 2.44. The van der Waals surface area contributed by atoms with Crippen molar-refractivity contribution >= 4 is 12.0 Å². The van der Waals surface area contributed by atoms with Gasteiger partial charge in [-0.15, -0.1) is 0 Å². The molecule has 140 valence electrons. The first-order chi connectivity index (χ1) is 13.0. The third-order valence-electron chi connectivity index (χ3n) is 4.00. The van der Waals surface area contributed by atoms with Gasteiger partial charge in [-0.1, -0.05) is 18.2 Å². The predicted molar refractivity (Wildman–Crippen MR) is 101 cm³/mol. The molecule has 0 aliphatic heterocycles. The van der Waals surface area contributed by atoms with Crippen molar-refractivity contribution in [2.24, 2.45) is 0 Å². The molecular formula is C21H21NO5. The number of hydrogen-bond donors (Lipinski definition) is 1. The number of carboxylic acid groups (broad SMARTS) is 1. The highest BCUT2D eigenvalue weighted by Gasteiger charge is 2.09. The van der Waals surface area contributed by atoms with Crippen LogP contribution in [0.1, 0.15) is 16.7 Å². The van der Waals surface area contributed by atoms with Gasteiger partial charge in [0, 0.05) is 0 Å². The maximum absolute atomic E-state index is 10.9. The Bertz CT molecular complexity index is 896. The Balaban J connectivity index is 2.01. The minimum Gasteiger partial charge on any atom is -0.493 e. The Morgan fingerprint density at radius 1 is 1.11 bits per heavy atom. The molecule has 6 heteroatoms. The quantitative estimate of drug-likeness (QED) is 0.434. The Morgan fingerprint density at radius 3 is 2.44 bits per heavy atom. The number of nitrogens with zero attached hydrogens (tertiary/aromatic N) is 1. The number of aryl methyl sites for hydroxylation is 1. The summed E-state index contributed by atoms with van der Waals surface area (Å²) in [6, 6.07) is 12.5. The first kappa shape index (κ1) is 19.9. The van der Waals surface area contributed by atoms with Crippen LogP contribution in [0.3, 0.4) is 0 Å². The molecule has 0 fully saturated rings. The van der Waals surface area contributed by atoms with E-state index in [0.29, 0.717) is 30.3 Å². The smallest absolute Gasteiger partial charge is 0.346 e. The normalized spacial score (nSPS) is 10.8. The summed E-state index contributed by atoms with van der Waals surface area (Å²) < 4.78 is 16.7. The molecule has 0 radical (unpaired) electrons. The van der Waals surface area contributed by atoms with Crippen LogP contribution in [-0.2, 0) is 4.79 Å². The predicted octanol–water partition coefficient (Wildman–Crippen LogP) is 3.76. The molecule has 0 atom stereocenters. The van der Waals surface area contributed by atoms with Crippen LogP contribution < -0.4 is 14.2 Å². The molecule has 0 spiro atoms. The van der Waals surface area contributed by atoms with Crippen LogP contribution in [0.15, 0.2) is 42.0 Å². The fraction of sp³-hybridized carbons (Fsp3) is 0.238. The summed E-state index contributed by atoms with van der Waals surface area (Å²) in [5.74, 6) is 0.496. The number of aliphatic carboxylic acids is 1. The van der Waals surface area contributed by atoms with Crippen molar-refractivity contribution in [3.8, 4) is 23.3 Å². The molecule has 0 aromatic heterocycles. The van der Waals surface area contributed by atoms with E-state index in [2.05, 4.69) is 0 Å². The molecule has 0 heterocycles. The molecule has 0 saturated carbocycles. The summed E-state index contributed by atoms with van der Waals surface area (Å²) in [5, 5.41) is 17.8. The van der Waals surface area contributed by atoms with Gasteiger partial charge in [-0.25, -0.2) is 4.79 Å².